The number of hydrogen-bond donors (Lipinski definition) is 3. The van der Waals surface area contributed by atoms with Gasteiger partial charge in [0.2, 0.25) is 0 Å². The molecule has 146 valence electrons. The van der Waals surface area contributed by atoms with E-state index in [1.54, 1.807) is 44.6 Å². The van der Waals surface area contributed by atoms with Crippen molar-refractivity contribution in [2.24, 2.45) is 5.10 Å². The standard InChI is InChI=1S/C20H21N3O5/c1-4-28-19-7-12(5-6-17(19)24)11-21-23-20(25)16-10-14-15(22-16)8-13(26-2)9-18(14)27-3/h5-11,22,24H,4H2,1-3H3,(H,23,25)/b21-11+. The first-order valence-corrected chi connectivity index (χ1v) is 8.59. The fraction of sp³-hybridized carbons (Fsp3) is 0.200. The Hall–Kier alpha value is -3.68. The quantitative estimate of drug-likeness (QED) is 0.430. The number of carbonyl (C=O) groups excluding carboxylic acids is 1. The highest BCUT2D eigenvalue weighted by atomic mass is 16.5. The molecule has 8 nitrogen and oxygen atoms in total. The van der Waals surface area contributed by atoms with E-state index in [-0.39, 0.29) is 5.75 Å². The number of benzene rings is 2. The van der Waals surface area contributed by atoms with E-state index in [0.717, 1.165) is 5.39 Å². The van der Waals surface area contributed by atoms with Gasteiger partial charge in [-0.3, -0.25) is 4.79 Å². The third kappa shape index (κ3) is 4.01. The average molecular weight is 383 g/mol. The van der Waals surface area contributed by atoms with E-state index < -0.39 is 5.91 Å². The molecule has 0 atom stereocenters. The highest BCUT2D eigenvalue weighted by molar-refractivity contribution is 6.00. The molecule has 28 heavy (non-hydrogen) atoms. The zero-order valence-corrected chi connectivity index (χ0v) is 15.8. The van der Waals surface area contributed by atoms with E-state index in [2.05, 4.69) is 15.5 Å². The monoisotopic (exact) mass is 383 g/mol. The molecule has 1 aromatic heterocycles. The number of aromatic nitrogens is 1. The summed E-state index contributed by atoms with van der Waals surface area (Å²) in [5, 5.41) is 14.4. The molecule has 0 aliphatic heterocycles. The number of H-pyrrole nitrogens is 1. The highest BCUT2D eigenvalue weighted by Gasteiger charge is 2.13. The minimum Gasteiger partial charge on any atom is -0.504 e. The molecule has 2 aromatic carbocycles. The fourth-order valence-electron chi connectivity index (χ4n) is 2.70. The summed E-state index contributed by atoms with van der Waals surface area (Å²) < 4.78 is 15.9. The van der Waals surface area contributed by atoms with Crippen LogP contribution >= 0.6 is 0 Å². The molecule has 3 rings (SSSR count). The van der Waals surface area contributed by atoms with Crippen LogP contribution in [0.25, 0.3) is 10.9 Å². The minimum atomic E-state index is -0.405. The molecule has 0 saturated carbocycles. The first kappa shape index (κ1) is 19.1. The molecule has 0 unspecified atom stereocenters. The Bertz CT molecular complexity index is 1030. The molecular formula is C20H21N3O5. The Balaban J connectivity index is 1.76. The summed E-state index contributed by atoms with van der Waals surface area (Å²) in [7, 11) is 3.12. The molecule has 3 aromatic rings. The topological polar surface area (TPSA) is 105 Å². The Morgan fingerprint density at radius 2 is 2.00 bits per heavy atom. The van der Waals surface area contributed by atoms with Crippen molar-refractivity contribution in [3.05, 3.63) is 47.7 Å². The summed E-state index contributed by atoms with van der Waals surface area (Å²) in [6.45, 7) is 2.25. The molecule has 1 amide bonds. The molecule has 1 heterocycles. The third-order valence-electron chi connectivity index (χ3n) is 4.04. The van der Waals surface area contributed by atoms with Crippen molar-refractivity contribution in [3.63, 3.8) is 0 Å². The molecule has 0 bridgehead atoms. The van der Waals surface area contributed by atoms with Crippen molar-refractivity contribution in [1.29, 1.82) is 0 Å². The van der Waals surface area contributed by atoms with Gasteiger partial charge in [0.25, 0.3) is 5.91 Å². The van der Waals surface area contributed by atoms with Crippen LogP contribution in [0.4, 0.5) is 0 Å². The van der Waals surface area contributed by atoms with Crippen LogP contribution in [-0.2, 0) is 0 Å². The number of methoxy groups -OCH3 is 2. The fourth-order valence-corrected chi connectivity index (χ4v) is 2.70. The second kappa shape index (κ2) is 8.34. The van der Waals surface area contributed by atoms with Crippen molar-refractivity contribution in [2.45, 2.75) is 6.92 Å². The number of fused-ring (bicyclic) bond motifs is 1. The number of nitrogens with zero attached hydrogens (tertiary/aromatic N) is 1. The van der Waals surface area contributed by atoms with Gasteiger partial charge in [-0.15, -0.1) is 0 Å². The lowest BCUT2D eigenvalue weighted by atomic mass is 10.2. The third-order valence-corrected chi connectivity index (χ3v) is 4.04. The molecule has 0 aliphatic carbocycles. The van der Waals surface area contributed by atoms with Gasteiger partial charge in [0.1, 0.15) is 17.2 Å². The van der Waals surface area contributed by atoms with Crippen LogP contribution in [0.3, 0.4) is 0 Å². The van der Waals surface area contributed by atoms with Crippen LogP contribution in [0.5, 0.6) is 23.0 Å². The number of phenols is 1. The predicted octanol–water partition coefficient (Wildman–Crippen LogP) is 3.05. The van der Waals surface area contributed by atoms with Crippen LogP contribution < -0.4 is 19.6 Å². The minimum absolute atomic E-state index is 0.0467. The molecular weight excluding hydrogens is 362 g/mol. The number of aromatic amines is 1. The normalized spacial score (nSPS) is 11.0. The molecule has 0 aliphatic rings. The molecule has 0 spiro atoms. The summed E-state index contributed by atoms with van der Waals surface area (Å²) >= 11 is 0. The van der Waals surface area contributed by atoms with E-state index in [1.807, 2.05) is 6.92 Å². The summed E-state index contributed by atoms with van der Waals surface area (Å²) in [6, 6.07) is 10.0. The number of phenolic OH excluding ortho intramolecular Hbond substituents is 1. The number of carbonyl (C=O) groups is 1. The number of hydrazone groups is 1. The summed E-state index contributed by atoms with van der Waals surface area (Å²) in [4.78, 5) is 15.4. The van der Waals surface area contributed by atoms with E-state index in [0.29, 0.717) is 40.6 Å². The SMILES string of the molecule is CCOc1cc(/C=N/NC(=O)c2cc3c(OC)cc(OC)cc3[nH]2)ccc1O. The number of aromatic hydroxyl groups is 1. The molecule has 3 N–H and O–H groups in total. The number of hydrogen-bond acceptors (Lipinski definition) is 6. The number of amides is 1. The van der Waals surface area contributed by atoms with Crippen molar-refractivity contribution in [2.75, 3.05) is 20.8 Å². The van der Waals surface area contributed by atoms with Crippen molar-refractivity contribution < 1.29 is 24.1 Å². The summed E-state index contributed by atoms with van der Waals surface area (Å²) in [5.74, 6) is 1.21. The Kier molecular flexibility index (Phi) is 5.69. The van der Waals surface area contributed by atoms with Gasteiger partial charge in [-0.05, 0) is 36.8 Å². The maximum Gasteiger partial charge on any atom is 0.287 e. The van der Waals surface area contributed by atoms with E-state index in [4.69, 9.17) is 14.2 Å². The maximum absolute atomic E-state index is 12.4. The molecule has 0 fully saturated rings. The van der Waals surface area contributed by atoms with Crippen molar-refractivity contribution in [3.8, 4) is 23.0 Å². The lowest BCUT2D eigenvalue weighted by molar-refractivity contribution is 0.0951. The van der Waals surface area contributed by atoms with Crippen LogP contribution in [0.2, 0.25) is 0 Å². The lowest BCUT2D eigenvalue weighted by Crippen LogP contribution is -2.17. The molecule has 0 saturated heterocycles. The van der Waals surface area contributed by atoms with Gasteiger partial charge in [-0.2, -0.15) is 5.10 Å². The van der Waals surface area contributed by atoms with Gasteiger partial charge in [-0.25, -0.2) is 5.43 Å². The number of ether oxygens (including phenoxy) is 3. The second-order valence-electron chi connectivity index (χ2n) is 5.83. The zero-order chi connectivity index (χ0) is 20.1. The van der Waals surface area contributed by atoms with Crippen LogP contribution in [0.15, 0.2) is 41.5 Å². The Morgan fingerprint density at radius 3 is 2.71 bits per heavy atom. The van der Waals surface area contributed by atoms with Crippen LogP contribution in [-0.4, -0.2) is 43.0 Å². The van der Waals surface area contributed by atoms with Gasteiger partial charge in [-0.1, -0.05) is 0 Å². The molecule has 8 heteroatoms. The van der Waals surface area contributed by atoms with E-state index in [9.17, 15) is 9.90 Å². The zero-order valence-electron chi connectivity index (χ0n) is 15.8. The summed E-state index contributed by atoms with van der Waals surface area (Å²) in [6.07, 6.45) is 1.46. The predicted molar refractivity (Wildman–Crippen MR) is 106 cm³/mol. The second-order valence-corrected chi connectivity index (χ2v) is 5.83. The largest absolute Gasteiger partial charge is 0.504 e. The average Bonchev–Trinajstić information content (AvgIpc) is 3.14. The smallest absolute Gasteiger partial charge is 0.287 e. The Labute approximate surface area is 161 Å². The van der Waals surface area contributed by atoms with Gasteiger partial charge in [0.05, 0.1) is 32.6 Å². The molecule has 0 radical (unpaired) electrons. The summed E-state index contributed by atoms with van der Waals surface area (Å²) in [5.41, 5.74) is 4.18. The van der Waals surface area contributed by atoms with Crippen molar-refractivity contribution >= 4 is 23.0 Å². The van der Waals surface area contributed by atoms with Gasteiger partial charge >= 0.3 is 0 Å². The van der Waals surface area contributed by atoms with Gasteiger partial charge in [0, 0.05) is 17.5 Å². The van der Waals surface area contributed by atoms with Crippen LogP contribution in [0, 0.1) is 0 Å². The van der Waals surface area contributed by atoms with Gasteiger partial charge < -0.3 is 24.3 Å². The Morgan fingerprint density at radius 1 is 1.18 bits per heavy atom. The van der Waals surface area contributed by atoms with E-state index >= 15 is 0 Å². The maximum atomic E-state index is 12.4. The van der Waals surface area contributed by atoms with E-state index in [1.165, 1.54) is 12.3 Å². The number of nitrogens with one attached hydrogen (secondary N) is 2. The lowest BCUT2D eigenvalue weighted by Gasteiger charge is -2.05. The highest BCUT2D eigenvalue weighted by Crippen LogP contribution is 2.31. The van der Waals surface area contributed by atoms with Gasteiger partial charge in [0.15, 0.2) is 11.5 Å². The number of rotatable bonds is 7. The van der Waals surface area contributed by atoms with Crippen molar-refractivity contribution in [1.82, 2.24) is 10.4 Å². The first-order chi connectivity index (χ1) is 13.5. The first-order valence-electron chi connectivity index (χ1n) is 8.59. The van der Waals surface area contributed by atoms with Crippen LogP contribution in [0.1, 0.15) is 23.0 Å².